The third-order valence-corrected chi connectivity index (χ3v) is 3.50. The second-order valence-electron chi connectivity index (χ2n) is 4.36. The fourth-order valence-corrected chi connectivity index (χ4v) is 2.55. The summed E-state index contributed by atoms with van der Waals surface area (Å²) in [5, 5.41) is 0. The number of hydrogen-bond acceptors (Lipinski definition) is 1. The highest BCUT2D eigenvalue weighted by Crippen LogP contribution is 2.33. The van der Waals surface area contributed by atoms with E-state index in [2.05, 4.69) is 15.9 Å². The summed E-state index contributed by atoms with van der Waals surface area (Å²) in [5.41, 5.74) is -0.133. The summed E-state index contributed by atoms with van der Waals surface area (Å²) in [5.74, 6) is -0.648. The number of ketones is 1. The molecule has 5 heteroatoms. The van der Waals surface area contributed by atoms with Gasteiger partial charge in [-0.1, -0.05) is 40.2 Å². The van der Waals surface area contributed by atoms with Crippen molar-refractivity contribution in [2.45, 2.75) is 13.1 Å². The topological polar surface area (TPSA) is 17.1 Å². The molecule has 1 nitrogen and oxygen atoms in total. The average molecular weight is 343 g/mol. The molecule has 2 aromatic rings. The molecule has 0 bridgehead atoms. The molecule has 0 radical (unpaired) electrons. The zero-order chi connectivity index (χ0) is 14.9. The molecule has 0 saturated heterocycles. The molecule has 2 rings (SSSR count). The predicted octanol–water partition coefficient (Wildman–Crippen LogP) is 5.01. The van der Waals surface area contributed by atoms with E-state index in [0.717, 1.165) is 11.6 Å². The second kappa shape index (κ2) is 5.40. The fraction of sp³-hybridized carbons (Fsp3) is 0.133. The van der Waals surface area contributed by atoms with Gasteiger partial charge in [0.1, 0.15) is 0 Å². The van der Waals surface area contributed by atoms with Gasteiger partial charge in [0.2, 0.25) is 0 Å². The lowest BCUT2D eigenvalue weighted by Gasteiger charge is -2.12. The van der Waals surface area contributed by atoms with Crippen molar-refractivity contribution in [1.29, 1.82) is 0 Å². The van der Waals surface area contributed by atoms with Crippen LogP contribution in [0, 0.1) is 6.92 Å². The minimum absolute atomic E-state index is 0.215. The minimum atomic E-state index is -4.55. The molecule has 0 aliphatic carbocycles. The van der Waals surface area contributed by atoms with Gasteiger partial charge in [0.25, 0.3) is 0 Å². The maximum Gasteiger partial charge on any atom is 0.417 e. The monoisotopic (exact) mass is 342 g/mol. The quantitative estimate of drug-likeness (QED) is 0.701. The van der Waals surface area contributed by atoms with Gasteiger partial charge in [-0.05, 0) is 30.7 Å². The van der Waals surface area contributed by atoms with Crippen LogP contribution in [0.4, 0.5) is 13.2 Å². The lowest BCUT2D eigenvalue weighted by atomic mass is 9.97. The van der Waals surface area contributed by atoms with Crippen molar-refractivity contribution < 1.29 is 18.0 Å². The minimum Gasteiger partial charge on any atom is -0.289 e. The molecular formula is C15H10BrF3O. The Morgan fingerprint density at radius 3 is 2.30 bits per heavy atom. The molecule has 2 aromatic carbocycles. The van der Waals surface area contributed by atoms with Crippen LogP contribution < -0.4 is 0 Å². The maximum atomic E-state index is 12.9. The lowest BCUT2D eigenvalue weighted by molar-refractivity contribution is -0.137. The SMILES string of the molecule is Cc1ccc(C(=O)c2ccccc2C(F)(F)F)c(Br)c1. The third-order valence-electron chi connectivity index (χ3n) is 2.85. The van der Waals surface area contributed by atoms with Crippen LogP contribution in [0.5, 0.6) is 0 Å². The molecule has 104 valence electrons. The molecule has 0 amide bonds. The molecule has 0 heterocycles. The van der Waals surface area contributed by atoms with Crippen molar-refractivity contribution in [2.24, 2.45) is 0 Å². The van der Waals surface area contributed by atoms with Crippen LogP contribution in [0.1, 0.15) is 27.0 Å². The first-order valence-corrected chi connectivity index (χ1v) is 6.57. The number of carbonyl (C=O) groups excluding carboxylic acids is 1. The molecule has 0 N–H and O–H groups in total. The van der Waals surface area contributed by atoms with Crippen molar-refractivity contribution in [3.63, 3.8) is 0 Å². The van der Waals surface area contributed by atoms with Gasteiger partial charge in [0.05, 0.1) is 5.56 Å². The highest BCUT2D eigenvalue weighted by molar-refractivity contribution is 9.10. The highest BCUT2D eigenvalue weighted by atomic mass is 79.9. The first-order chi connectivity index (χ1) is 9.30. The number of hydrogen-bond donors (Lipinski definition) is 0. The van der Waals surface area contributed by atoms with E-state index in [4.69, 9.17) is 0 Å². The molecule has 0 aliphatic rings. The van der Waals surface area contributed by atoms with Crippen LogP contribution in [0.15, 0.2) is 46.9 Å². The summed E-state index contributed by atoms with van der Waals surface area (Å²) in [4.78, 5) is 12.3. The number of alkyl halides is 3. The van der Waals surface area contributed by atoms with Gasteiger partial charge in [0, 0.05) is 15.6 Å². The van der Waals surface area contributed by atoms with Crippen molar-refractivity contribution in [2.75, 3.05) is 0 Å². The summed E-state index contributed by atoms with van der Waals surface area (Å²) >= 11 is 3.22. The summed E-state index contributed by atoms with van der Waals surface area (Å²) in [6.07, 6.45) is -4.55. The van der Waals surface area contributed by atoms with E-state index < -0.39 is 17.5 Å². The predicted molar refractivity (Wildman–Crippen MR) is 73.8 cm³/mol. The second-order valence-corrected chi connectivity index (χ2v) is 5.21. The van der Waals surface area contributed by atoms with E-state index in [0.29, 0.717) is 4.47 Å². The first kappa shape index (κ1) is 14.8. The largest absolute Gasteiger partial charge is 0.417 e. The number of halogens is 4. The molecule has 20 heavy (non-hydrogen) atoms. The molecule has 0 fully saturated rings. The van der Waals surface area contributed by atoms with E-state index in [9.17, 15) is 18.0 Å². The number of rotatable bonds is 2. The Morgan fingerprint density at radius 2 is 1.70 bits per heavy atom. The fourth-order valence-electron chi connectivity index (χ4n) is 1.88. The van der Waals surface area contributed by atoms with Crippen LogP contribution in [0.3, 0.4) is 0 Å². The molecule has 0 unspecified atom stereocenters. The summed E-state index contributed by atoms with van der Waals surface area (Å²) < 4.78 is 39.3. The van der Waals surface area contributed by atoms with Crippen LogP contribution in [0.25, 0.3) is 0 Å². The summed E-state index contributed by atoms with van der Waals surface area (Å²) in [6, 6.07) is 9.70. The van der Waals surface area contributed by atoms with Crippen LogP contribution in [-0.4, -0.2) is 5.78 Å². The number of carbonyl (C=O) groups is 1. The summed E-state index contributed by atoms with van der Waals surface area (Å²) in [7, 11) is 0. The zero-order valence-corrected chi connectivity index (χ0v) is 12.0. The number of aryl methyl sites for hydroxylation is 1. The van der Waals surface area contributed by atoms with Crippen LogP contribution in [0.2, 0.25) is 0 Å². The smallest absolute Gasteiger partial charge is 0.289 e. The van der Waals surface area contributed by atoms with E-state index in [1.807, 2.05) is 6.92 Å². The number of benzene rings is 2. The van der Waals surface area contributed by atoms with E-state index in [-0.39, 0.29) is 11.1 Å². The Kier molecular flexibility index (Phi) is 3.99. The standard InChI is InChI=1S/C15H10BrF3O/c1-9-6-7-11(13(16)8-9)14(20)10-4-2-3-5-12(10)15(17,18)19/h2-8H,1H3. The van der Waals surface area contributed by atoms with Crippen molar-refractivity contribution in [3.05, 3.63) is 69.2 Å². The lowest BCUT2D eigenvalue weighted by Crippen LogP contribution is -2.14. The molecule has 0 aromatic heterocycles. The highest BCUT2D eigenvalue weighted by Gasteiger charge is 2.35. The van der Waals surface area contributed by atoms with Gasteiger partial charge in [-0.2, -0.15) is 13.2 Å². The van der Waals surface area contributed by atoms with E-state index >= 15 is 0 Å². The van der Waals surface area contributed by atoms with E-state index in [1.165, 1.54) is 24.3 Å². The molecule has 0 atom stereocenters. The Balaban J connectivity index is 2.55. The first-order valence-electron chi connectivity index (χ1n) is 5.78. The third kappa shape index (κ3) is 2.93. The normalized spacial score (nSPS) is 11.4. The maximum absolute atomic E-state index is 12.9. The zero-order valence-electron chi connectivity index (χ0n) is 10.5. The molecule has 0 aliphatic heterocycles. The van der Waals surface area contributed by atoms with Crippen LogP contribution >= 0.6 is 15.9 Å². The van der Waals surface area contributed by atoms with Crippen molar-refractivity contribution >= 4 is 21.7 Å². The van der Waals surface area contributed by atoms with Crippen molar-refractivity contribution in [1.82, 2.24) is 0 Å². The molecule has 0 spiro atoms. The van der Waals surface area contributed by atoms with E-state index in [1.54, 1.807) is 12.1 Å². The Morgan fingerprint density at radius 1 is 1.05 bits per heavy atom. The average Bonchev–Trinajstić information content (AvgIpc) is 2.37. The Bertz CT molecular complexity index is 662. The van der Waals surface area contributed by atoms with Gasteiger partial charge in [-0.3, -0.25) is 4.79 Å². The summed E-state index contributed by atoms with van der Waals surface area (Å²) in [6.45, 7) is 1.84. The van der Waals surface area contributed by atoms with Crippen LogP contribution in [-0.2, 0) is 6.18 Å². The van der Waals surface area contributed by atoms with Gasteiger partial charge in [0.15, 0.2) is 5.78 Å². The van der Waals surface area contributed by atoms with Gasteiger partial charge >= 0.3 is 6.18 Å². The Labute approximate surface area is 122 Å². The molecule has 0 saturated carbocycles. The molecular weight excluding hydrogens is 333 g/mol. The van der Waals surface area contributed by atoms with Gasteiger partial charge in [-0.25, -0.2) is 0 Å². The Hall–Kier alpha value is -1.62. The van der Waals surface area contributed by atoms with Gasteiger partial charge < -0.3 is 0 Å². The van der Waals surface area contributed by atoms with Gasteiger partial charge in [-0.15, -0.1) is 0 Å². The van der Waals surface area contributed by atoms with Crippen molar-refractivity contribution in [3.8, 4) is 0 Å².